The van der Waals surface area contributed by atoms with E-state index in [0.29, 0.717) is 0 Å². The molecule has 0 rings (SSSR count). The van der Waals surface area contributed by atoms with E-state index in [2.05, 4.69) is 26.0 Å². The standard InChI is InChI=1S/C11H18BrNO6/c1-6(12)8(14)18-7(9(15)17-5)13-10(16)19-11(2,3)4/h6-7H,1-5H3,(H,13,16). The number of amides is 1. The van der Waals surface area contributed by atoms with Crippen LogP contribution in [0, 0.1) is 0 Å². The minimum atomic E-state index is -1.55. The quantitative estimate of drug-likeness (QED) is 0.359. The highest BCUT2D eigenvalue weighted by atomic mass is 79.9. The van der Waals surface area contributed by atoms with Gasteiger partial charge in [-0.25, -0.2) is 9.59 Å². The number of hydrogen-bond acceptors (Lipinski definition) is 6. The molecule has 0 aliphatic carbocycles. The van der Waals surface area contributed by atoms with Crippen molar-refractivity contribution in [1.82, 2.24) is 5.32 Å². The van der Waals surface area contributed by atoms with Crippen molar-refractivity contribution in [2.45, 2.75) is 44.4 Å². The van der Waals surface area contributed by atoms with Crippen molar-refractivity contribution in [3.8, 4) is 0 Å². The average Bonchev–Trinajstić information content (AvgIpc) is 2.24. The van der Waals surface area contributed by atoms with Gasteiger partial charge in [0.15, 0.2) is 0 Å². The second kappa shape index (κ2) is 7.32. The van der Waals surface area contributed by atoms with Crippen molar-refractivity contribution in [2.24, 2.45) is 0 Å². The number of alkyl carbamates (subject to hydrolysis) is 1. The van der Waals surface area contributed by atoms with Gasteiger partial charge in [-0.05, 0) is 27.7 Å². The fourth-order valence-corrected chi connectivity index (χ4v) is 0.976. The SMILES string of the molecule is COC(=O)C(NC(=O)OC(C)(C)C)OC(=O)C(C)Br. The first-order valence-electron chi connectivity index (χ1n) is 5.48. The molecule has 0 aliphatic rings. The summed E-state index contributed by atoms with van der Waals surface area (Å²) in [7, 11) is 1.11. The Hall–Kier alpha value is -1.31. The van der Waals surface area contributed by atoms with Crippen LogP contribution in [0.25, 0.3) is 0 Å². The van der Waals surface area contributed by atoms with Crippen LogP contribution >= 0.6 is 15.9 Å². The maximum absolute atomic E-state index is 11.5. The maximum Gasteiger partial charge on any atom is 0.410 e. The van der Waals surface area contributed by atoms with Crippen LogP contribution in [0.15, 0.2) is 0 Å². The first-order valence-corrected chi connectivity index (χ1v) is 6.40. The molecule has 0 saturated carbocycles. The Bertz CT molecular complexity index is 350. The third-order valence-electron chi connectivity index (χ3n) is 1.62. The van der Waals surface area contributed by atoms with E-state index in [9.17, 15) is 14.4 Å². The van der Waals surface area contributed by atoms with Gasteiger partial charge in [0.1, 0.15) is 10.4 Å². The highest BCUT2D eigenvalue weighted by Crippen LogP contribution is 2.08. The van der Waals surface area contributed by atoms with E-state index in [1.165, 1.54) is 6.92 Å². The van der Waals surface area contributed by atoms with Crippen LogP contribution in [0.3, 0.4) is 0 Å². The first kappa shape index (κ1) is 17.7. The number of carbonyl (C=O) groups is 3. The molecule has 0 spiro atoms. The van der Waals surface area contributed by atoms with Crippen LogP contribution in [0.5, 0.6) is 0 Å². The molecule has 0 aromatic carbocycles. The highest BCUT2D eigenvalue weighted by molar-refractivity contribution is 9.10. The van der Waals surface area contributed by atoms with Gasteiger partial charge in [0.2, 0.25) is 0 Å². The summed E-state index contributed by atoms with van der Waals surface area (Å²) in [5.74, 6) is -1.63. The molecule has 2 atom stereocenters. The van der Waals surface area contributed by atoms with Gasteiger partial charge < -0.3 is 14.2 Å². The molecule has 1 amide bonds. The Balaban J connectivity index is 4.65. The number of hydrogen-bond donors (Lipinski definition) is 1. The summed E-state index contributed by atoms with van der Waals surface area (Å²) in [6.45, 7) is 6.50. The zero-order chi connectivity index (χ0) is 15.2. The van der Waals surface area contributed by atoms with Crippen LogP contribution in [0.4, 0.5) is 4.79 Å². The van der Waals surface area contributed by atoms with E-state index in [0.717, 1.165) is 7.11 Å². The number of halogens is 1. The van der Waals surface area contributed by atoms with Gasteiger partial charge >= 0.3 is 18.0 Å². The summed E-state index contributed by atoms with van der Waals surface area (Å²) in [4.78, 5) is 33.6. The Kier molecular flexibility index (Phi) is 6.82. The molecule has 19 heavy (non-hydrogen) atoms. The Morgan fingerprint density at radius 2 is 1.68 bits per heavy atom. The topological polar surface area (TPSA) is 90.9 Å². The number of esters is 2. The van der Waals surface area contributed by atoms with Crippen molar-refractivity contribution < 1.29 is 28.6 Å². The highest BCUT2D eigenvalue weighted by Gasteiger charge is 2.29. The van der Waals surface area contributed by atoms with Crippen molar-refractivity contribution in [1.29, 1.82) is 0 Å². The Morgan fingerprint density at radius 1 is 1.16 bits per heavy atom. The number of nitrogens with one attached hydrogen (secondary N) is 1. The molecule has 8 heteroatoms. The Morgan fingerprint density at radius 3 is 2.05 bits per heavy atom. The van der Waals surface area contributed by atoms with Gasteiger partial charge in [0.05, 0.1) is 7.11 Å². The number of ether oxygens (including phenoxy) is 3. The monoisotopic (exact) mass is 339 g/mol. The summed E-state index contributed by atoms with van der Waals surface area (Å²) >= 11 is 2.98. The molecule has 0 fully saturated rings. The summed E-state index contributed by atoms with van der Waals surface area (Å²) < 4.78 is 14.1. The van der Waals surface area contributed by atoms with Crippen LogP contribution < -0.4 is 5.32 Å². The van der Waals surface area contributed by atoms with Gasteiger partial charge in [-0.3, -0.25) is 10.1 Å². The second-order valence-electron chi connectivity index (χ2n) is 4.60. The molecule has 7 nitrogen and oxygen atoms in total. The van der Waals surface area contributed by atoms with E-state index >= 15 is 0 Å². The number of carbonyl (C=O) groups excluding carboxylic acids is 3. The van der Waals surface area contributed by atoms with Crippen LogP contribution in [-0.2, 0) is 23.8 Å². The molecule has 0 bridgehead atoms. The minimum absolute atomic E-state index is 0.625. The van der Waals surface area contributed by atoms with E-state index in [1.54, 1.807) is 20.8 Å². The summed E-state index contributed by atoms with van der Waals surface area (Å²) in [5.41, 5.74) is -0.739. The average molecular weight is 340 g/mol. The summed E-state index contributed by atoms with van der Waals surface area (Å²) in [6.07, 6.45) is -2.44. The lowest BCUT2D eigenvalue weighted by Crippen LogP contribution is -2.47. The normalized spacial score (nSPS) is 14.0. The summed E-state index contributed by atoms with van der Waals surface area (Å²) in [6, 6.07) is 0. The van der Waals surface area contributed by atoms with E-state index in [4.69, 9.17) is 9.47 Å². The minimum Gasteiger partial charge on any atom is -0.465 e. The zero-order valence-electron chi connectivity index (χ0n) is 11.5. The van der Waals surface area contributed by atoms with Gasteiger partial charge in [0, 0.05) is 0 Å². The lowest BCUT2D eigenvalue weighted by atomic mass is 10.2. The van der Waals surface area contributed by atoms with Crippen molar-refractivity contribution in [2.75, 3.05) is 7.11 Å². The third kappa shape index (κ3) is 7.66. The van der Waals surface area contributed by atoms with Crippen molar-refractivity contribution in [3.05, 3.63) is 0 Å². The van der Waals surface area contributed by atoms with Gasteiger partial charge in [-0.1, -0.05) is 15.9 Å². The smallest absolute Gasteiger partial charge is 0.410 e. The number of rotatable bonds is 4. The molecule has 0 aromatic heterocycles. The Labute approximate surface area is 120 Å². The molecule has 2 unspecified atom stereocenters. The summed E-state index contributed by atoms with van der Waals surface area (Å²) in [5, 5.41) is 2.11. The predicted octanol–water partition coefficient (Wildman–Crippen LogP) is 1.34. The fourth-order valence-electron chi connectivity index (χ4n) is 0.868. The van der Waals surface area contributed by atoms with Crippen LogP contribution in [0.2, 0.25) is 0 Å². The van der Waals surface area contributed by atoms with Gasteiger partial charge in [-0.15, -0.1) is 0 Å². The zero-order valence-corrected chi connectivity index (χ0v) is 13.1. The molecule has 110 valence electrons. The van der Waals surface area contributed by atoms with E-state index in [-0.39, 0.29) is 0 Å². The first-order chi connectivity index (χ1) is 8.56. The van der Waals surface area contributed by atoms with Gasteiger partial charge in [0.25, 0.3) is 6.23 Å². The van der Waals surface area contributed by atoms with Crippen LogP contribution in [-0.4, -0.2) is 41.8 Å². The molecular weight excluding hydrogens is 322 g/mol. The fraction of sp³-hybridized carbons (Fsp3) is 0.727. The number of methoxy groups -OCH3 is 1. The lowest BCUT2D eigenvalue weighted by molar-refractivity contribution is -0.167. The van der Waals surface area contributed by atoms with E-state index < -0.39 is 34.7 Å². The number of alkyl halides is 1. The molecule has 1 N–H and O–H groups in total. The maximum atomic E-state index is 11.5. The molecule has 0 aliphatic heterocycles. The third-order valence-corrected chi connectivity index (χ3v) is 2.00. The largest absolute Gasteiger partial charge is 0.465 e. The predicted molar refractivity (Wildman–Crippen MR) is 69.7 cm³/mol. The molecule has 0 radical (unpaired) electrons. The van der Waals surface area contributed by atoms with E-state index in [1.807, 2.05) is 0 Å². The second-order valence-corrected chi connectivity index (χ2v) is 5.98. The molecule has 0 saturated heterocycles. The van der Waals surface area contributed by atoms with Gasteiger partial charge in [-0.2, -0.15) is 0 Å². The van der Waals surface area contributed by atoms with Crippen LogP contribution in [0.1, 0.15) is 27.7 Å². The molecule has 0 aromatic rings. The molecular formula is C11H18BrNO6. The van der Waals surface area contributed by atoms with Crippen molar-refractivity contribution >= 4 is 34.0 Å². The lowest BCUT2D eigenvalue weighted by Gasteiger charge is -2.22. The molecule has 0 heterocycles. The van der Waals surface area contributed by atoms with Crippen molar-refractivity contribution in [3.63, 3.8) is 0 Å².